The number of carbonyl (C=O) groups is 1. The second-order valence-electron chi connectivity index (χ2n) is 5.26. The lowest BCUT2D eigenvalue weighted by atomic mass is 10.1. The molecule has 0 bridgehead atoms. The molecule has 0 saturated carbocycles. The Morgan fingerprint density at radius 3 is 2.17 bits per heavy atom. The summed E-state index contributed by atoms with van der Waals surface area (Å²) in [5.41, 5.74) is 7.23. The van der Waals surface area contributed by atoms with E-state index in [9.17, 15) is 13.2 Å². The van der Waals surface area contributed by atoms with Gasteiger partial charge in [-0.1, -0.05) is 12.1 Å². The Hall–Kier alpha value is -1.80. The fourth-order valence-electron chi connectivity index (χ4n) is 2.10. The molecule has 0 aliphatic carbocycles. The number of benzene rings is 1. The predicted molar refractivity (Wildman–Crippen MR) is 79.2 cm³/mol. The number of likely N-dealkylation sites (tertiary alicyclic amines) is 1. The van der Waals surface area contributed by atoms with Crippen LogP contribution in [0.1, 0.15) is 18.4 Å². The van der Waals surface area contributed by atoms with Crippen molar-refractivity contribution in [3.63, 3.8) is 0 Å². The minimum Gasteiger partial charge on any atom is -0.497 e. The molecule has 0 unspecified atom stereocenters. The van der Waals surface area contributed by atoms with Gasteiger partial charge in [0, 0.05) is 12.6 Å². The van der Waals surface area contributed by atoms with Gasteiger partial charge in [0.05, 0.1) is 7.11 Å². The van der Waals surface area contributed by atoms with Crippen LogP contribution < -0.4 is 10.5 Å². The van der Waals surface area contributed by atoms with Gasteiger partial charge in [-0.3, -0.25) is 4.90 Å². The zero-order valence-electron chi connectivity index (χ0n) is 12.8. The molecule has 23 heavy (non-hydrogen) atoms. The van der Waals surface area contributed by atoms with Gasteiger partial charge in [-0.15, -0.1) is 0 Å². The minimum absolute atomic E-state index is 0.409. The van der Waals surface area contributed by atoms with E-state index in [1.807, 2.05) is 12.1 Å². The van der Waals surface area contributed by atoms with E-state index in [0.29, 0.717) is 6.04 Å². The van der Waals surface area contributed by atoms with E-state index in [0.717, 1.165) is 38.2 Å². The van der Waals surface area contributed by atoms with E-state index in [1.54, 1.807) is 7.11 Å². The van der Waals surface area contributed by atoms with Crippen molar-refractivity contribution in [2.75, 3.05) is 20.2 Å². The van der Waals surface area contributed by atoms with Crippen LogP contribution in [-0.4, -0.2) is 48.4 Å². The highest BCUT2D eigenvalue weighted by molar-refractivity contribution is 5.73. The average Bonchev–Trinajstić information content (AvgIpc) is 2.50. The highest BCUT2D eigenvalue weighted by atomic mass is 19.4. The van der Waals surface area contributed by atoms with Gasteiger partial charge in [0.1, 0.15) is 5.75 Å². The number of carboxylic acid groups (broad SMARTS) is 1. The summed E-state index contributed by atoms with van der Waals surface area (Å²) in [4.78, 5) is 11.4. The Morgan fingerprint density at radius 1 is 1.30 bits per heavy atom. The van der Waals surface area contributed by atoms with Gasteiger partial charge < -0.3 is 15.6 Å². The van der Waals surface area contributed by atoms with Crippen LogP contribution >= 0.6 is 0 Å². The van der Waals surface area contributed by atoms with E-state index in [1.165, 1.54) is 5.56 Å². The fraction of sp³-hybridized carbons (Fsp3) is 0.533. The number of rotatable bonds is 3. The van der Waals surface area contributed by atoms with Crippen molar-refractivity contribution in [2.24, 2.45) is 5.73 Å². The molecule has 3 N–H and O–H groups in total. The van der Waals surface area contributed by atoms with E-state index in [-0.39, 0.29) is 0 Å². The maximum atomic E-state index is 10.6. The molecular weight excluding hydrogens is 313 g/mol. The van der Waals surface area contributed by atoms with Crippen molar-refractivity contribution in [1.82, 2.24) is 4.90 Å². The molecule has 5 nitrogen and oxygen atoms in total. The first-order chi connectivity index (χ1) is 10.7. The summed E-state index contributed by atoms with van der Waals surface area (Å²) in [6.45, 7) is 3.26. The number of ether oxygens (including phenoxy) is 1. The Kier molecular flexibility index (Phi) is 7.31. The van der Waals surface area contributed by atoms with E-state index in [4.69, 9.17) is 20.4 Å². The smallest absolute Gasteiger partial charge is 0.490 e. The predicted octanol–water partition coefficient (Wildman–Crippen LogP) is 2.25. The number of piperidine rings is 1. The van der Waals surface area contributed by atoms with Crippen LogP contribution in [0.2, 0.25) is 0 Å². The highest BCUT2D eigenvalue weighted by Crippen LogP contribution is 2.16. The summed E-state index contributed by atoms with van der Waals surface area (Å²) in [5.74, 6) is -1.84. The van der Waals surface area contributed by atoms with Gasteiger partial charge in [-0.2, -0.15) is 13.2 Å². The van der Waals surface area contributed by atoms with Gasteiger partial charge in [0.2, 0.25) is 0 Å². The molecule has 0 atom stereocenters. The highest BCUT2D eigenvalue weighted by Gasteiger charge is 2.38. The number of alkyl halides is 3. The summed E-state index contributed by atoms with van der Waals surface area (Å²) in [6.07, 6.45) is -2.84. The van der Waals surface area contributed by atoms with Crippen LogP contribution in [0.25, 0.3) is 0 Å². The van der Waals surface area contributed by atoms with Crippen molar-refractivity contribution < 1.29 is 27.8 Å². The maximum Gasteiger partial charge on any atom is 0.490 e. The van der Waals surface area contributed by atoms with Crippen molar-refractivity contribution in [1.29, 1.82) is 0 Å². The average molecular weight is 334 g/mol. The third-order valence-corrected chi connectivity index (χ3v) is 3.44. The third-order valence-electron chi connectivity index (χ3n) is 3.44. The second-order valence-corrected chi connectivity index (χ2v) is 5.26. The van der Waals surface area contributed by atoms with Crippen LogP contribution in [0.4, 0.5) is 13.2 Å². The quantitative estimate of drug-likeness (QED) is 0.887. The molecule has 8 heteroatoms. The summed E-state index contributed by atoms with van der Waals surface area (Å²) in [5, 5.41) is 7.12. The maximum absolute atomic E-state index is 10.6. The fourth-order valence-corrected chi connectivity index (χ4v) is 2.10. The van der Waals surface area contributed by atoms with Crippen molar-refractivity contribution in [2.45, 2.75) is 31.6 Å². The summed E-state index contributed by atoms with van der Waals surface area (Å²) in [6, 6.07) is 8.71. The molecule has 1 aliphatic heterocycles. The third kappa shape index (κ3) is 7.34. The van der Waals surface area contributed by atoms with Crippen molar-refractivity contribution in [3.05, 3.63) is 29.8 Å². The molecule has 2 rings (SSSR count). The monoisotopic (exact) mass is 334 g/mol. The number of hydrogen-bond donors (Lipinski definition) is 2. The molecule has 0 amide bonds. The molecule has 1 heterocycles. The Balaban J connectivity index is 0.000000322. The minimum atomic E-state index is -5.08. The first-order valence-electron chi connectivity index (χ1n) is 7.13. The van der Waals surface area contributed by atoms with Gasteiger partial charge in [0.25, 0.3) is 0 Å². The van der Waals surface area contributed by atoms with Crippen LogP contribution in [0.3, 0.4) is 0 Å². The topological polar surface area (TPSA) is 75.8 Å². The second kappa shape index (κ2) is 8.73. The molecule has 1 aliphatic rings. The normalized spacial score (nSPS) is 16.4. The van der Waals surface area contributed by atoms with Crippen molar-refractivity contribution >= 4 is 5.97 Å². The van der Waals surface area contributed by atoms with E-state index < -0.39 is 12.1 Å². The number of halogens is 3. The molecule has 130 valence electrons. The van der Waals surface area contributed by atoms with Crippen LogP contribution in [0.15, 0.2) is 24.3 Å². The standard InChI is InChI=1S/C13H20N2O.C2HF3O2/c1-16-13-4-2-11(3-5-13)10-15-8-6-12(14)7-9-15;3-2(4,5)1(6)7/h2-5,12H,6-10,14H2,1H3;(H,6,7). The first-order valence-corrected chi connectivity index (χ1v) is 7.13. The molecule has 0 spiro atoms. The Bertz CT molecular complexity index is 484. The lowest BCUT2D eigenvalue weighted by molar-refractivity contribution is -0.192. The van der Waals surface area contributed by atoms with Gasteiger partial charge in [-0.05, 0) is 43.6 Å². The molecule has 1 saturated heterocycles. The molecule has 0 aromatic heterocycles. The van der Waals surface area contributed by atoms with Gasteiger partial charge in [0.15, 0.2) is 0 Å². The van der Waals surface area contributed by atoms with Gasteiger partial charge in [-0.25, -0.2) is 4.79 Å². The van der Waals surface area contributed by atoms with Crippen LogP contribution in [0, 0.1) is 0 Å². The summed E-state index contributed by atoms with van der Waals surface area (Å²) in [7, 11) is 1.70. The SMILES string of the molecule is COc1ccc(CN2CCC(N)CC2)cc1.O=C(O)C(F)(F)F. The molecule has 1 aromatic rings. The summed E-state index contributed by atoms with van der Waals surface area (Å²) < 4.78 is 36.9. The van der Waals surface area contributed by atoms with E-state index in [2.05, 4.69) is 17.0 Å². The number of hydrogen-bond acceptors (Lipinski definition) is 4. The zero-order chi connectivity index (χ0) is 17.5. The molecule has 0 radical (unpaired) electrons. The largest absolute Gasteiger partial charge is 0.497 e. The Morgan fingerprint density at radius 2 is 1.78 bits per heavy atom. The van der Waals surface area contributed by atoms with Gasteiger partial charge >= 0.3 is 12.1 Å². The number of nitrogens with two attached hydrogens (primary N) is 1. The number of methoxy groups -OCH3 is 1. The van der Waals surface area contributed by atoms with E-state index >= 15 is 0 Å². The Labute approximate surface area is 132 Å². The number of carboxylic acids is 1. The molecule has 1 aromatic carbocycles. The first kappa shape index (κ1) is 19.2. The lowest BCUT2D eigenvalue weighted by Gasteiger charge is -2.30. The van der Waals surface area contributed by atoms with Crippen LogP contribution in [0.5, 0.6) is 5.75 Å². The number of aliphatic carboxylic acids is 1. The molecule has 1 fully saturated rings. The molecular formula is C15H21F3N2O3. The van der Waals surface area contributed by atoms with Crippen LogP contribution in [-0.2, 0) is 11.3 Å². The van der Waals surface area contributed by atoms with Crippen molar-refractivity contribution in [3.8, 4) is 5.75 Å². The lowest BCUT2D eigenvalue weighted by Crippen LogP contribution is -2.39. The zero-order valence-corrected chi connectivity index (χ0v) is 12.8. The summed E-state index contributed by atoms with van der Waals surface area (Å²) >= 11 is 0. The number of nitrogens with zero attached hydrogens (tertiary/aromatic N) is 1.